The van der Waals surface area contributed by atoms with E-state index in [1.54, 1.807) is 0 Å². The first-order valence-electron chi connectivity index (χ1n) is 13.7. The van der Waals surface area contributed by atoms with Crippen molar-refractivity contribution in [2.24, 2.45) is 0 Å². The van der Waals surface area contributed by atoms with Crippen LogP contribution in [0.4, 0.5) is 0 Å². The average Bonchev–Trinajstić information content (AvgIpc) is 2.82. The molecule has 0 rings (SSSR count). The van der Waals surface area contributed by atoms with Gasteiger partial charge in [-0.15, -0.1) is 0 Å². The number of nitrogens with zero attached hydrogens (tertiary/aromatic N) is 2. The third kappa shape index (κ3) is 19.0. The maximum absolute atomic E-state index is 6.25. The monoisotopic (exact) mass is 588 g/mol. The molecule has 0 fully saturated rings. The van der Waals surface area contributed by atoms with Crippen molar-refractivity contribution >= 4 is 39.2 Å². The molecule has 0 aliphatic rings. The highest BCUT2D eigenvalue weighted by Gasteiger charge is 2.41. The Morgan fingerprint density at radius 3 is 1.11 bits per heavy atom. The molecule has 0 saturated heterocycles. The largest absolute Gasteiger partial charge is 0.500 e. The summed E-state index contributed by atoms with van der Waals surface area (Å²) >= 11 is 0. The highest BCUT2D eigenvalue weighted by molar-refractivity contribution is 8.76. The first kappa shape index (κ1) is 36.8. The summed E-state index contributed by atoms with van der Waals surface area (Å²) in [5.41, 5.74) is 0. The molecule has 36 heavy (non-hydrogen) atoms. The molecule has 218 valence electrons. The second-order valence-electron chi connectivity index (χ2n) is 8.96. The zero-order valence-corrected chi connectivity index (χ0v) is 28.1. The summed E-state index contributed by atoms with van der Waals surface area (Å²) in [7, 11) is 6.97. The highest BCUT2D eigenvalue weighted by atomic mass is 33.1. The van der Waals surface area contributed by atoms with E-state index in [4.69, 9.17) is 26.6 Å². The predicted octanol–water partition coefficient (Wildman–Crippen LogP) is 5.11. The molecule has 8 nitrogen and oxygen atoms in total. The molecular formula is C24H56N2O6S2Si2. The Balaban J connectivity index is 4.41. The van der Waals surface area contributed by atoms with Crippen molar-refractivity contribution in [1.29, 1.82) is 0 Å². The van der Waals surface area contributed by atoms with Crippen LogP contribution in [0.3, 0.4) is 0 Å². The van der Waals surface area contributed by atoms with Crippen LogP contribution in [0.1, 0.15) is 53.4 Å². The molecule has 0 unspecified atom stereocenters. The number of rotatable bonds is 27. The topological polar surface area (TPSA) is 61.9 Å². The lowest BCUT2D eigenvalue weighted by Crippen LogP contribution is -2.46. The van der Waals surface area contributed by atoms with Crippen molar-refractivity contribution in [3.05, 3.63) is 0 Å². The first-order chi connectivity index (χ1) is 17.3. The van der Waals surface area contributed by atoms with E-state index in [1.165, 1.54) is 0 Å². The zero-order valence-electron chi connectivity index (χ0n) is 24.5. The minimum atomic E-state index is -2.60. The lowest BCUT2D eigenvalue weighted by Gasteiger charge is -2.29. The third-order valence-electron chi connectivity index (χ3n) is 5.10. The van der Waals surface area contributed by atoms with Gasteiger partial charge in [0.15, 0.2) is 0 Å². The van der Waals surface area contributed by atoms with Gasteiger partial charge in [0.25, 0.3) is 0 Å². The summed E-state index contributed by atoms with van der Waals surface area (Å²) in [6, 6.07) is 1.74. The van der Waals surface area contributed by atoms with Crippen LogP contribution in [0.2, 0.25) is 12.1 Å². The maximum Gasteiger partial charge on any atom is 0.500 e. The van der Waals surface area contributed by atoms with Crippen molar-refractivity contribution in [3.63, 3.8) is 0 Å². The minimum Gasteiger partial charge on any atom is -0.374 e. The van der Waals surface area contributed by atoms with Crippen molar-refractivity contribution in [3.8, 4) is 0 Å². The van der Waals surface area contributed by atoms with E-state index in [1.807, 2.05) is 49.3 Å². The van der Waals surface area contributed by atoms with Crippen molar-refractivity contribution in [1.82, 2.24) is 9.80 Å². The second kappa shape index (κ2) is 23.7. The van der Waals surface area contributed by atoms with E-state index >= 15 is 0 Å². The summed E-state index contributed by atoms with van der Waals surface area (Å²) in [4.78, 5) is 4.35. The molecule has 12 heteroatoms. The average molecular weight is 589 g/mol. The van der Waals surface area contributed by atoms with Gasteiger partial charge in [-0.25, -0.2) is 0 Å². The van der Waals surface area contributed by atoms with Gasteiger partial charge in [-0.2, -0.15) is 0 Å². The SMILES string of the molecule is CCO[Si](CCCSSCCC[Si](OCC)(OCC)OCCCN(C)C)(OCC)OCCCN(C)C. The number of hydrogen-bond donors (Lipinski definition) is 0. The van der Waals surface area contributed by atoms with Gasteiger partial charge < -0.3 is 36.4 Å². The highest BCUT2D eigenvalue weighted by Crippen LogP contribution is 2.28. The van der Waals surface area contributed by atoms with Crippen LogP contribution in [0, 0.1) is 0 Å². The molecule has 0 bridgehead atoms. The molecule has 0 heterocycles. The van der Waals surface area contributed by atoms with Gasteiger partial charge >= 0.3 is 17.6 Å². The van der Waals surface area contributed by atoms with Crippen molar-refractivity contribution < 1.29 is 26.6 Å². The molecule has 0 aliphatic heterocycles. The summed E-state index contributed by atoms with van der Waals surface area (Å²) in [6.07, 6.45) is 4.03. The van der Waals surface area contributed by atoms with Gasteiger partial charge in [0.2, 0.25) is 0 Å². The van der Waals surface area contributed by atoms with Gasteiger partial charge in [0.1, 0.15) is 0 Å². The Kier molecular flexibility index (Phi) is 24.2. The maximum atomic E-state index is 6.25. The molecule has 0 spiro atoms. The first-order valence-corrected chi connectivity index (χ1v) is 20.0. The molecule has 0 aromatic rings. The van der Waals surface area contributed by atoms with Crippen LogP contribution in [0.15, 0.2) is 0 Å². The molecule has 0 amide bonds. The molecule has 0 aromatic heterocycles. The summed E-state index contributed by atoms with van der Waals surface area (Å²) < 4.78 is 36.8. The Labute approximate surface area is 232 Å². The van der Waals surface area contributed by atoms with Crippen LogP contribution in [-0.2, 0) is 26.6 Å². The van der Waals surface area contributed by atoms with Gasteiger partial charge in [-0.3, -0.25) is 0 Å². The Morgan fingerprint density at radius 2 is 0.833 bits per heavy atom. The van der Waals surface area contributed by atoms with E-state index in [9.17, 15) is 0 Å². The number of hydrogen-bond acceptors (Lipinski definition) is 10. The zero-order chi connectivity index (χ0) is 27.1. The fraction of sp³-hybridized carbons (Fsp3) is 1.00. The van der Waals surface area contributed by atoms with Gasteiger partial charge in [0, 0.05) is 63.2 Å². The predicted molar refractivity (Wildman–Crippen MR) is 160 cm³/mol. The van der Waals surface area contributed by atoms with Gasteiger partial charge in [-0.05, 0) is 94.7 Å². The lowest BCUT2D eigenvalue weighted by atomic mass is 10.4. The molecule has 0 saturated carbocycles. The molecule has 0 N–H and O–H groups in total. The van der Waals surface area contributed by atoms with Crippen molar-refractivity contribution in [2.75, 3.05) is 92.4 Å². The summed E-state index contributed by atoms with van der Waals surface area (Å²) in [5, 5.41) is 0. The van der Waals surface area contributed by atoms with E-state index in [0.29, 0.717) is 39.6 Å². The van der Waals surface area contributed by atoms with Gasteiger partial charge in [0.05, 0.1) is 0 Å². The van der Waals surface area contributed by atoms with Crippen LogP contribution in [-0.4, -0.2) is 120 Å². The van der Waals surface area contributed by atoms with Crippen LogP contribution < -0.4 is 0 Å². The van der Waals surface area contributed by atoms with E-state index < -0.39 is 17.6 Å². The molecule has 0 aliphatic carbocycles. The van der Waals surface area contributed by atoms with Gasteiger partial charge in [-0.1, -0.05) is 21.6 Å². The molecular weight excluding hydrogens is 533 g/mol. The van der Waals surface area contributed by atoms with Crippen LogP contribution in [0.5, 0.6) is 0 Å². The smallest absolute Gasteiger partial charge is 0.374 e. The van der Waals surface area contributed by atoms with Crippen LogP contribution in [0.25, 0.3) is 0 Å². The third-order valence-corrected chi connectivity index (χ3v) is 13.8. The van der Waals surface area contributed by atoms with E-state index in [-0.39, 0.29) is 0 Å². The Morgan fingerprint density at radius 1 is 0.500 bits per heavy atom. The minimum absolute atomic E-state index is 0.629. The Hall–Kier alpha value is 0.814. The van der Waals surface area contributed by atoms with E-state index in [0.717, 1.165) is 62.4 Å². The second-order valence-corrected chi connectivity index (χ2v) is 17.1. The molecule has 0 aromatic carbocycles. The molecule has 0 atom stereocenters. The Bertz CT molecular complexity index is 446. The quantitative estimate of drug-likeness (QED) is 0.0735. The molecule has 0 radical (unpaired) electrons. The lowest BCUT2D eigenvalue weighted by molar-refractivity contribution is 0.0639. The normalized spacial score (nSPS) is 12.8. The standard InChI is InChI=1S/C24H56N2O6S2Si2/c1-9-27-35(28-10-2,31-19-13-17-25(5)6)23-15-21-33-34-22-16-24-36(29-11-3,30-12-4)32-20-14-18-26(7)8/h9-24H2,1-8H3. The summed E-state index contributed by atoms with van der Waals surface area (Å²) in [6.45, 7) is 14.0. The van der Waals surface area contributed by atoms with Crippen molar-refractivity contribution in [2.45, 2.75) is 65.5 Å². The van der Waals surface area contributed by atoms with E-state index in [2.05, 4.69) is 38.0 Å². The fourth-order valence-electron chi connectivity index (χ4n) is 3.59. The summed E-state index contributed by atoms with van der Waals surface area (Å²) in [5.74, 6) is 2.11. The van der Waals surface area contributed by atoms with Crippen LogP contribution >= 0.6 is 21.6 Å². The fourth-order valence-corrected chi connectivity index (χ4v) is 11.5.